The number of epoxide rings is 1. The van der Waals surface area contributed by atoms with Crippen LogP contribution in [0.2, 0.25) is 0 Å². The maximum atomic E-state index is 11.9. The highest BCUT2D eigenvalue weighted by atomic mass is 16.6. The van der Waals surface area contributed by atoms with Gasteiger partial charge in [-0.2, -0.15) is 0 Å². The first kappa shape index (κ1) is 14.3. The van der Waals surface area contributed by atoms with Gasteiger partial charge in [0, 0.05) is 5.69 Å². The molecule has 4 rings (SSSR count). The van der Waals surface area contributed by atoms with Crippen LogP contribution in [0.4, 0.5) is 10.5 Å². The molecule has 0 aromatic heterocycles. The predicted molar refractivity (Wildman–Crippen MR) is 87.2 cm³/mol. The Balaban J connectivity index is 1.39. The van der Waals surface area contributed by atoms with Gasteiger partial charge in [-0.05, 0) is 48.1 Å². The summed E-state index contributed by atoms with van der Waals surface area (Å²) in [5.41, 5.74) is 4.30. The zero-order valence-electron chi connectivity index (χ0n) is 12.8. The summed E-state index contributed by atoms with van der Waals surface area (Å²) in [6.07, 6.45) is 3.55. The molecular formula is C19H19NO3. The Morgan fingerprint density at radius 2 is 2.09 bits per heavy atom. The monoisotopic (exact) mass is 309 g/mol. The van der Waals surface area contributed by atoms with Crippen molar-refractivity contribution >= 4 is 11.8 Å². The number of rotatable bonds is 3. The number of anilines is 1. The summed E-state index contributed by atoms with van der Waals surface area (Å²) < 4.78 is 10.9. The first-order valence-electron chi connectivity index (χ1n) is 8.05. The van der Waals surface area contributed by atoms with E-state index in [2.05, 4.69) is 11.4 Å². The molecule has 2 aromatic rings. The molecule has 0 spiro atoms. The van der Waals surface area contributed by atoms with Crippen LogP contribution in [0.25, 0.3) is 0 Å². The Bertz CT molecular complexity index is 714. The van der Waals surface area contributed by atoms with Crippen molar-refractivity contribution < 1.29 is 14.3 Å². The molecule has 4 nitrogen and oxygen atoms in total. The molecule has 1 aliphatic carbocycles. The molecule has 1 N–H and O–H groups in total. The minimum atomic E-state index is -0.428. The van der Waals surface area contributed by atoms with Gasteiger partial charge in [0.2, 0.25) is 0 Å². The molecular weight excluding hydrogens is 290 g/mol. The first-order valence-corrected chi connectivity index (χ1v) is 8.05. The molecule has 0 radical (unpaired) electrons. The lowest BCUT2D eigenvalue weighted by Crippen LogP contribution is -2.13. The number of hydrogen-bond acceptors (Lipinski definition) is 3. The highest BCUT2D eigenvalue weighted by Crippen LogP contribution is 2.46. The number of benzene rings is 2. The third-order valence-electron chi connectivity index (χ3n) is 4.43. The summed E-state index contributed by atoms with van der Waals surface area (Å²) in [7, 11) is 0. The minimum Gasteiger partial charge on any atom is -0.444 e. The van der Waals surface area contributed by atoms with Crippen LogP contribution < -0.4 is 5.32 Å². The fourth-order valence-electron chi connectivity index (χ4n) is 3.18. The van der Waals surface area contributed by atoms with Gasteiger partial charge in [0.15, 0.2) is 0 Å². The first-order chi connectivity index (χ1) is 11.3. The summed E-state index contributed by atoms with van der Waals surface area (Å²) in [5.74, 6) is 0. The highest BCUT2D eigenvalue weighted by molar-refractivity contribution is 5.84. The van der Waals surface area contributed by atoms with E-state index in [4.69, 9.17) is 9.47 Å². The van der Waals surface area contributed by atoms with Gasteiger partial charge in [-0.3, -0.25) is 5.32 Å². The van der Waals surface area contributed by atoms with E-state index in [1.165, 1.54) is 11.1 Å². The van der Waals surface area contributed by atoms with Crippen LogP contribution in [0, 0.1) is 0 Å². The molecule has 1 aliphatic heterocycles. The summed E-state index contributed by atoms with van der Waals surface area (Å²) in [5, 5.41) is 2.81. The van der Waals surface area contributed by atoms with Gasteiger partial charge in [-0.15, -0.1) is 0 Å². The van der Waals surface area contributed by atoms with Crippen LogP contribution in [-0.2, 0) is 22.5 Å². The smallest absolute Gasteiger partial charge is 0.411 e. The van der Waals surface area contributed by atoms with E-state index in [-0.39, 0.29) is 12.7 Å². The molecule has 2 atom stereocenters. The Hall–Kier alpha value is -2.33. The molecule has 1 heterocycles. The average Bonchev–Trinajstić information content (AvgIpc) is 3.34. The molecule has 2 aromatic carbocycles. The van der Waals surface area contributed by atoms with Crippen LogP contribution >= 0.6 is 0 Å². The predicted octanol–water partition coefficient (Wildman–Crippen LogP) is 4.21. The minimum absolute atomic E-state index is 0.270. The number of ether oxygens (including phenoxy) is 2. The molecule has 4 heteroatoms. The van der Waals surface area contributed by atoms with Crippen LogP contribution in [0.1, 0.15) is 35.6 Å². The van der Waals surface area contributed by atoms with Crippen LogP contribution in [-0.4, -0.2) is 12.2 Å². The lowest BCUT2D eigenvalue weighted by Gasteiger charge is -2.11. The summed E-state index contributed by atoms with van der Waals surface area (Å²) in [4.78, 5) is 11.9. The Labute approximate surface area is 135 Å². The van der Waals surface area contributed by atoms with Crippen molar-refractivity contribution in [1.82, 2.24) is 0 Å². The highest BCUT2D eigenvalue weighted by Gasteiger charge is 2.42. The second-order valence-corrected chi connectivity index (χ2v) is 6.09. The van der Waals surface area contributed by atoms with Crippen molar-refractivity contribution in [2.45, 2.75) is 38.1 Å². The van der Waals surface area contributed by atoms with Crippen molar-refractivity contribution in [1.29, 1.82) is 0 Å². The molecule has 0 bridgehead atoms. The lowest BCUT2D eigenvalue weighted by atomic mass is 10.0. The van der Waals surface area contributed by atoms with Gasteiger partial charge in [0.25, 0.3) is 0 Å². The summed E-state index contributed by atoms with van der Waals surface area (Å²) in [6, 6.07) is 15.7. The maximum absolute atomic E-state index is 11.9. The van der Waals surface area contributed by atoms with E-state index >= 15 is 0 Å². The topological polar surface area (TPSA) is 50.9 Å². The van der Waals surface area contributed by atoms with E-state index in [0.717, 1.165) is 30.5 Å². The molecule has 0 saturated carbocycles. The SMILES string of the molecule is O=C(Nc1ccc2c(c1)CCCC1OC21)OCc1ccccc1. The molecule has 118 valence electrons. The van der Waals surface area contributed by atoms with Gasteiger partial charge >= 0.3 is 6.09 Å². The standard InChI is InChI=1S/C19H19NO3/c21-19(22-12-13-5-2-1-3-6-13)20-15-9-10-16-14(11-15)7-4-8-17-18(16)23-17/h1-3,5-6,9-11,17-18H,4,7-8,12H2,(H,20,21). The lowest BCUT2D eigenvalue weighted by molar-refractivity contribution is 0.155. The fraction of sp³-hybridized carbons (Fsp3) is 0.316. The van der Waals surface area contributed by atoms with Crippen LogP contribution in [0.5, 0.6) is 0 Å². The third kappa shape index (κ3) is 3.22. The number of carbonyl (C=O) groups is 1. The number of carbonyl (C=O) groups excluding carboxylic acids is 1. The molecule has 1 saturated heterocycles. The van der Waals surface area contributed by atoms with Gasteiger partial charge < -0.3 is 9.47 Å². The van der Waals surface area contributed by atoms with Crippen LogP contribution in [0.3, 0.4) is 0 Å². The quantitative estimate of drug-likeness (QED) is 0.864. The van der Waals surface area contributed by atoms with Crippen molar-refractivity contribution in [2.24, 2.45) is 0 Å². The Kier molecular flexibility index (Phi) is 3.75. The largest absolute Gasteiger partial charge is 0.444 e. The van der Waals surface area contributed by atoms with Crippen molar-refractivity contribution in [2.75, 3.05) is 5.32 Å². The summed E-state index contributed by atoms with van der Waals surface area (Å²) in [6.45, 7) is 0.273. The Morgan fingerprint density at radius 3 is 2.96 bits per heavy atom. The maximum Gasteiger partial charge on any atom is 0.411 e. The second kappa shape index (κ2) is 6.05. The zero-order valence-corrected chi connectivity index (χ0v) is 12.8. The summed E-state index contributed by atoms with van der Waals surface area (Å²) >= 11 is 0. The van der Waals surface area contributed by atoms with Gasteiger partial charge in [-0.1, -0.05) is 36.4 Å². The number of amides is 1. The number of nitrogens with one attached hydrogen (secondary N) is 1. The van der Waals surface area contributed by atoms with Crippen molar-refractivity contribution in [3.8, 4) is 0 Å². The fourth-order valence-corrected chi connectivity index (χ4v) is 3.18. The average molecular weight is 309 g/mol. The van der Waals surface area contributed by atoms with E-state index in [1.807, 2.05) is 42.5 Å². The van der Waals surface area contributed by atoms with Crippen LogP contribution in [0.15, 0.2) is 48.5 Å². The van der Waals surface area contributed by atoms with E-state index in [9.17, 15) is 4.79 Å². The normalized spacial score (nSPS) is 21.6. The second-order valence-electron chi connectivity index (χ2n) is 6.09. The molecule has 1 fully saturated rings. The third-order valence-corrected chi connectivity index (χ3v) is 4.43. The molecule has 2 aliphatic rings. The van der Waals surface area contributed by atoms with Gasteiger partial charge in [0.1, 0.15) is 12.7 Å². The Morgan fingerprint density at radius 1 is 1.22 bits per heavy atom. The molecule has 2 unspecified atom stereocenters. The zero-order chi connectivity index (χ0) is 15.6. The van der Waals surface area contributed by atoms with E-state index in [0.29, 0.717) is 6.10 Å². The van der Waals surface area contributed by atoms with Gasteiger partial charge in [-0.25, -0.2) is 4.79 Å². The number of hydrogen-bond donors (Lipinski definition) is 1. The molecule has 23 heavy (non-hydrogen) atoms. The van der Waals surface area contributed by atoms with Gasteiger partial charge in [0.05, 0.1) is 6.10 Å². The molecule has 1 amide bonds. The van der Waals surface area contributed by atoms with E-state index < -0.39 is 6.09 Å². The number of fused-ring (bicyclic) bond motifs is 3. The number of aryl methyl sites for hydroxylation is 1. The van der Waals surface area contributed by atoms with E-state index in [1.54, 1.807) is 0 Å². The van der Waals surface area contributed by atoms with Crippen molar-refractivity contribution in [3.63, 3.8) is 0 Å². The van der Waals surface area contributed by atoms with Crippen molar-refractivity contribution in [3.05, 3.63) is 65.2 Å².